The Morgan fingerprint density at radius 1 is 1.45 bits per heavy atom. The van der Waals surface area contributed by atoms with Gasteiger partial charge in [0.05, 0.1) is 0 Å². The highest BCUT2D eigenvalue weighted by Gasteiger charge is 2.21. The van der Waals surface area contributed by atoms with Gasteiger partial charge < -0.3 is 10.8 Å². The third-order valence-electron chi connectivity index (χ3n) is 0.920. The first-order valence-electron chi connectivity index (χ1n) is 2.74. The summed E-state index contributed by atoms with van der Waals surface area (Å²) in [5.74, 6) is -1.83. The average molecular weight is 160 g/mol. The van der Waals surface area contributed by atoms with Crippen LogP contribution in [0, 0.1) is 0 Å². The topological polar surface area (TPSA) is 101 Å². The minimum atomic E-state index is -1.18. The zero-order valence-electron chi connectivity index (χ0n) is 5.90. The van der Waals surface area contributed by atoms with Crippen LogP contribution in [-0.2, 0) is 9.59 Å². The molecular weight excluding hydrogens is 152 g/mol. The van der Waals surface area contributed by atoms with Crippen LogP contribution in [0.2, 0.25) is 0 Å². The molecule has 0 unspecified atom stereocenters. The summed E-state index contributed by atoms with van der Waals surface area (Å²) in [6, 6.07) is -1.18. The van der Waals surface area contributed by atoms with E-state index in [1.54, 1.807) is 0 Å². The molecule has 0 aromatic carbocycles. The second-order valence-corrected chi connectivity index (χ2v) is 1.74. The van der Waals surface area contributed by atoms with Gasteiger partial charge in [0.25, 0.3) is 5.91 Å². The molecule has 0 rings (SSSR count). The lowest BCUT2D eigenvalue weighted by Crippen LogP contribution is -2.45. The number of rotatable bonds is 1. The lowest BCUT2D eigenvalue weighted by molar-refractivity contribution is -0.141. The predicted molar refractivity (Wildman–Crippen MR) is 34.2 cm³/mol. The number of amides is 4. The number of urea groups is 1. The molecule has 0 spiro atoms. The van der Waals surface area contributed by atoms with Crippen LogP contribution in [0.5, 0.6) is 0 Å². The Bertz CT molecular complexity index is 187. The molecule has 0 atom stereocenters. The van der Waals surface area contributed by atoms with Crippen LogP contribution in [0.25, 0.3) is 0 Å². The molecule has 0 aliphatic rings. The van der Waals surface area contributed by atoms with Crippen molar-refractivity contribution in [3.63, 3.8) is 0 Å². The lowest BCUT2D eigenvalue weighted by atomic mass is 10.5. The van der Waals surface area contributed by atoms with Crippen LogP contribution in [-0.4, -0.2) is 34.5 Å². The molecule has 11 heavy (non-hydrogen) atoms. The summed E-state index contributed by atoms with van der Waals surface area (Å²) in [4.78, 5) is 31.5. The Morgan fingerprint density at radius 3 is 2.00 bits per heavy atom. The van der Waals surface area contributed by atoms with Crippen LogP contribution in [0.3, 0.4) is 0 Å². The van der Waals surface area contributed by atoms with Crippen LogP contribution in [0.1, 0.15) is 6.92 Å². The van der Waals surface area contributed by atoms with E-state index >= 15 is 0 Å². The Kier molecular flexibility index (Phi) is 3.19. The molecule has 0 aromatic heterocycles. The second-order valence-electron chi connectivity index (χ2n) is 1.74. The number of hydrogen-bond acceptors (Lipinski definition) is 4. The maximum Gasteiger partial charge on any atom is 0.328 e. The van der Waals surface area contributed by atoms with E-state index in [1.807, 2.05) is 0 Å². The zero-order valence-corrected chi connectivity index (χ0v) is 5.90. The molecule has 4 amide bonds. The highest BCUT2D eigenvalue weighted by molar-refractivity contribution is 6.09. The quantitative estimate of drug-likeness (QED) is 0.484. The fraction of sp³-hybridized carbons (Fsp3) is 0.400. The van der Waals surface area contributed by atoms with Crippen molar-refractivity contribution < 1.29 is 19.5 Å². The summed E-state index contributed by atoms with van der Waals surface area (Å²) in [6.45, 7) is 0.0842. The summed E-state index contributed by atoms with van der Waals surface area (Å²) in [6.07, 6.45) is 0. The normalized spacial score (nSPS) is 8.91. The molecule has 0 saturated carbocycles. The van der Waals surface area contributed by atoms with Gasteiger partial charge >= 0.3 is 6.03 Å². The fourth-order valence-electron chi connectivity index (χ4n) is 0.524. The molecule has 0 aliphatic carbocycles. The highest BCUT2D eigenvalue weighted by atomic mass is 16.3. The summed E-state index contributed by atoms with van der Waals surface area (Å²) in [5, 5.41) is 8.25. The fourth-order valence-corrected chi connectivity index (χ4v) is 0.524. The molecule has 0 fully saturated rings. The van der Waals surface area contributed by atoms with Crippen molar-refractivity contribution >= 4 is 17.8 Å². The number of aliphatic hydroxyl groups is 1. The SMILES string of the molecule is CC(=O)N(C(N)=O)C(=O)CO. The summed E-state index contributed by atoms with van der Waals surface area (Å²) in [5.41, 5.74) is 4.65. The summed E-state index contributed by atoms with van der Waals surface area (Å²) >= 11 is 0. The van der Waals surface area contributed by atoms with Gasteiger partial charge in [-0.25, -0.2) is 4.79 Å². The number of primary amides is 1. The standard InChI is InChI=1S/C5H8N2O4/c1-3(9)7(5(6)11)4(10)2-8/h8H,2H2,1H3,(H2,6,11). The van der Waals surface area contributed by atoms with Crippen LogP contribution >= 0.6 is 0 Å². The largest absolute Gasteiger partial charge is 0.386 e. The minimum Gasteiger partial charge on any atom is -0.386 e. The van der Waals surface area contributed by atoms with E-state index in [1.165, 1.54) is 0 Å². The average Bonchev–Trinajstić information content (AvgIpc) is 1.85. The second kappa shape index (κ2) is 3.67. The molecule has 0 heterocycles. The number of carbonyl (C=O) groups is 3. The molecule has 0 radical (unpaired) electrons. The van der Waals surface area contributed by atoms with E-state index < -0.39 is 24.5 Å². The third kappa shape index (κ3) is 2.34. The van der Waals surface area contributed by atoms with Crippen molar-refractivity contribution in [3.8, 4) is 0 Å². The Labute approximate surface area is 62.6 Å². The van der Waals surface area contributed by atoms with Crippen molar-refractivity contribution in [1.82, 2.24) is 4.90 Å². The van der Waals surface area contributed by atoms with Crippen molar-refractivity contribution in [1.29, 1.82) is 0 Å². The molecule has 3 N–H and O–H groups in total. The van der Waals surface area contributed by atoms with Gasteiger partial charge in [-0.15, -0.1) is 0 Å². The summed E-state index contributed by atoms with van der Waals surface area (Å²) < 4.78 is 0. The first-order chi connectivity index (χ1) is 5.00. The Morgan fingerprint density at radius 2 is 1.91 bits per heavy atom. The van der Waals surface area contributed by atoms with Gasteiger partial charge in [-0.1, -0.05) is 0 Å². The van der Waals surface area contributed by atoms with Gasteiger partial charge in [0.2, 0.25) is 5.91 Å². The van der Waals surface area contributed by atoms with Gasteiger partial charge in [-0.3, -0.25) is 9.59 Å². The lowest BCUT2D eigenvalue weighted by Gasteiger charge is -2.11. The number of imide groups is 3. The van der Waals surface area contributed by atoms with E-state index in [-0.39, 0.29) is 4.90 Å². The molecule has 62 valence electrons. The minimum absolute atomic E-state index is 0.167. The van der Waals surface area contributed by atoms with E-state index in [9.17, 15) is 14.4 Å². The Hall–Kier alpha value is -1.43. The monoisotopic (exact) mass is 160 g/mol. The molecule has 0 aliphatic heterocycles. The molecule has 6 heteroatoms. The number of hydrogen-bond donors (Lipinski definition) is 2. The van der Waals surface area contributed by atoms with Gasteiger partial charge in [0.1, 0.15) is 6.61 Å². The van der Waals surface area contributed by atoms with Gasteiger partial charge in [0, 0.05) is 6.92 Å². The zero-order chi connectivity index (χ0) is 9.02. The number of carbonyl (C=O) groups excluding carboxylic acids is 3. The van der Waals surface area contributed by atoms with Crippen LogP contribution < -0.4 is 5.73 Å². The first kappa shape index (κ1) is 9.57. The smallest absolute Gasteiger partial charge is 0.328 e. The van der Waals surface area contributed by atoms with Crippen LogP contribution in [0.4, 0.5) is 4.79 Å². The molecule has 6 nitrogen and oxygen atoms in total. The van der Waals surface area contributed by atoms with Crippen LogP contribution in [0.15, 0.2) is 0 Å². The van der Waals surface area contributed by atoms with E-state index in [0.717, 1.165) is 6.92 Å². The summed E-state index contributed by atoms with van der Waals surface area (Å²) in [7, 11) is 0. The van der Waals surface area contributed by atoms with Crippen molar-refractivity contribution in [2.24, 2.45) is 5.73 Å². The van der Waals surface area contributed by atoms with E-state index in [2.05, 4.69) is 5.73 Å². The molecular formula is C5H8N2O4. The molecule has 0 bridgehead atoms. The Balaban J connectivity index is 4.47. The van der Waals surface area contributed by atoms with Crippen molar-refractivity contribution in [2.45, 2.75) is 6.92 Å². The van der Waals surface area contributed by atoms with Crippen molar-refractivity contribution in [2.75, 3.05) is 6.61 Å². The van der Waals surface area contributed by atoms with E-state index in [4.69, 9.17) is 5.11 Å². The van der Waals surface area contributed by atoms with Gasteiger partial charge in [-0.2, -0.15) is 4.90 Å². The highest BCUT2D eigenvalue weighted by Crippen LogP contribution is 1.89. The maximum absolute atomic E-state index is 10.5. The van der Waals surface area contributed by atoms with Gasteiger partial charge in [0.15, 0.2) is 0 Å². The number of nitrogens with two attached hydrogens (primary N) is 1. The first-order valence-corrected chi connectivity index (χ1v) is 2.74. The number of aliphatic hydroxyl groups excluding tert-OH is 1. The van der Waals surface area contributed by atoms with E-state index in [0.29, 0.717) is 0 Å². The molecule has 0 aromatic rings. The predicted octanol–water partition coefficient (Wildman–Crippen LogP) is -1.57. The number of nitrogens with zero attached hydrogens (tertiary/aromatic N) is 1. The maximum atomic E-state index is 10.5. The molecule has 0 saturated heterocycles. The third-order valence-corrected chi connectivity index (χ3v) is 0.920. The van der Waals surface area contributed by atoms with Gasteiger partial charge in [-0.05, 0) is 0 Å². The van der Waals surface area contributed by atoms with Crippen molar-refractivity contribution in [3.05, 3.63) is 0 Å².